The molecule has 1 aromatic heterocycles. The van der Waals surface area contributed by atoms with Gasteiger partial charge >= 0.3 is 6.36 Å². The average molecular weight is 235 g/mol. The normalized spacial score (nSPS) is 10.9. The fourth-order valence-electron chi connectivity index (χ4n) is 0.983. The van der Waals surface area contributed by atoms with Gasteiger partial charge < -0.3 is 10.5 Å². The van der Waals surface area contributed by atoms with Gasteiger partial charge in [0.2, 0.25) is 0 Å². The minimum atomic E-state index is -5.02. The molecular formula is C8H5F4N3O. The second kappa shape index (κ2) is 4.22. The van der Waals surface area contributed by atoms with Crippen molar-refractivity contribution in [1.29, 1.82) is 5.26 Å². The molecule has 1 rings (SSSR count). The number of nitrogen functional groups attached to an aromatic ring is 1. The van der Waals surface area contributed by atoms with Crippen molar-refractivity contribution in [2.24, 2.45) is 0 Å². The Morgan fingerprint density at radius 1 is 1.50 bits per heavy atom. The van der Waals surface area contributed by atoms with E-state index in [1.165, 1.54) is 6.07 Å². The monoisotopic (exact) mass is 235 g/mol. The van der Waals surface area contributed by atoms with Crippen LogP contribution in [0.2, 0.25) is 0 Å². The van der Waals surface area contributed by atoms with Crippen molar-refractivity contribution in [3.05, 3.63) is 17.3 Å². The van der Waals surface area contributed by atoms with Crippen LogP contribution in [0.1, 0.15) is 11.1 Å². The zero-order chi connectivity index (χ0) is 12.3. The van der Waals surface area contributed by atoms with Gasteiger partial charge in [0.05, 0.1) is 0 Å². The fraction of sp³-hybridized carbons (Fsp3) is 0.250. The summed E-state index contributed by atoms with van der Waals surface area (Å²) in [7, 11) is 0. The van der Waals surface area contributed by atoms with E-state index in [2.05, 4.69) is 9.72 Å². The smallest absolute Gasteiger partial charge is 0.404 e. The number of aromatic nitrogens is 1. The lowest BCUT2D eigenvalue weighted by atomic mass is 10.2. The standard InChI is InChI=1S/C8H5F4N3O/c9-1-4-3-15-7(14)5(2-13)6(4)16-8(10,11)12/h3H,1H2,(H2,14,15). The van der Waals surface area contributed by atoms with Crippen LogP contribution in [0.15, 0.2) is 6.20 Å². The summed E-state index contributed by atoms with van der Waals surface area (Å²) in [5, 5.41) is 8.58. The summed E-state index contributed by atoms with van der Waals surface area (Å²) in [4.78, 5) is 3.38. The Kier molecular flexibility index (Phi) is 3.17. The van der Waals surface area contributed by atoms with E-state index in [1.807, 2.05) is 0 Å². The quantitative estimate of drug-likeness (QED) is 0.794. The largest absolute Gasteiger partial charge is 0.573 e. The Morgan fingerprint density at radius 3 is 2.56 bits per heavy atom. The molecule has 8 heteroatoms. The molecular weight excluding hydrogens is 230 g/mol. The number of halogens is 4. The first-order chi connectivity index (χ1) is 7.39. The van der Waals surface area contributed by atoms with E-state index < -0.39 is 35.7 Å². The number of pyridine rings is 1. The Labute approximate surface area is 87.3 Å². The highest BCUT2D eigenvalue weighted by Crippen LogP contribution is 2.32. The zero-order valence-corrected chi connectivity index (χ0v) is 7.68. The Hall–Kier alpha value is -2.04. The molecule has 86 valence electrons. The maximum Gasteiger partial charge on any atom is 0.573 e. The summed E-state index contributed by atoms with van der Waals surface area (Å²) in [6.45, 7) is -1.24. The highest BCUT2D eigenvalue weighted by molar-refractivity contribution is 5.59. The molecule has 0 amide bonds. The number of anilines is 1. The van der Waals surface area contributed by atoms with Crippen molar-refractivity contribution in [3.63, 3.8) is 0 Å². The van der Waals surface area contributed by atoms with E-state index in [9.17, 15) is 17.6 Å². The number of nitriles is 1. The minimum Gasteiger partial charge on any atom is -0.404 e. The van der Waals surface area contributed by atoms with Gasteiger partial charge in [-0.15, -0.1) is 13.2 Å². The summed E-state index contributed by atoms with van der Waals surface area (Å²) in [5.74, 6) is -1.39. The first-order valence-corrected chi connectivity index (χ1v) is 3.88. The third-order valence-electron chi connectivity index (χ3n) is 1.61. The van der Waals surface area contributed by atoms with E-state index in [0.717, 1.165) is 6.20 Å². The predicted molar refractivity (Wildman–Crippen MR) is 44.9 cm³/mol. The molecule has 2 N–H and O–H groups in total. The minimum absolute atomic E-state index is 0.445. The van der Waals surface area contributed by atoms with Crippen LogP contribution in [0.25, 0.3) is 0 Å². The lowest BCUT2D eigenvalue weighted by Crippen LogP contribution is -2.19. The van der Waals surface area contributed by atoms with Crippen LogP contribution >= 0.6 is 0 Å². The highest BCUT2D eigenvalue weighted by Gasteiger charge is 2.34. The zero-order valence-electron chi connectivity index (χ0n) is 7.68. The molecule has 1 heterocycles. The van der Waals surface area contributed by atoms with E-state index in [0.29, 0.717) is 0 Å². The number of hydrogen-bond donors (Lipinski definition) is 1. The summed E-state index contributed by atoms with van der Waals surface area (Å²) in [6, 6.07) is 1.38. The lowest BCUT2D eigenvalue weighted by Gasteiger charge is -2.13. The molecule has 16 heavy (non-hydrogen) atoms. The van der Waals surface area contributed by atoms with Crippen molar-refractivity contribution >= 4 is 5.82 Å². The molecule has 0 saturated heterocycles. The first kappa shape index (κ1) is 12.0. The molecule has 0 aromatic carbocycles. The van der Waals surface area contributed by atoms with Crippen LogP contribution < -0.4 is 10.5 Å². The van der Waals surface area contributed by atoms with Crippen molar-refractivity contribution in [2.75, 3.05) is 5.73 Å². The van der Waals surface area contributed by atoms with E-state index in [-0.39, 0.29) is 0 Å². The predicted octanol–water partition coefficient (Wildman–Crippen LogP) is 1.90. The van der Waals surface area contributed by atoms with Gasteiger partial charge in [0.25, 0.3) is 0 Å². The SMILES string of the molecule is N#Cc1c(N)ncc(CF)c1OC(F)(F)F. The number of alkyl halides is 4. The molecule has 0 aliphatic carbocycles. The lowest BCUT2D eigenvalue weighted by molar-refractivity contribution is -0.275. The van der Waals surface area contributed by atoms with Crippen LogP contribution in [-0.2, 0) is 6.67 Å². The van der Waals surface area contributed by atoms with Gasteiger partial charge in [-0.05, 0) is 0 Å². The molecule has 0 saturated carbocycles. The Morgan fingerprint density at radius 2 is 2.12 bits per heavy atom. The molecule has 0 aliphatic heterocycles. The summed E-state index contributed by atoms with van der Waals surface area (Å²) in [6.07, 6.45) is -4.24. The number of rotatable bonds is 2. The molecule has 0 radical (unpaired) electrons. The number of hydrogen-bond acceptors (Lipinski definition) is 4. The third-order valence-corrected chi connectivity index (χ3v) is 1.61. The molecule has 0 spiro atoms. The second-order valence-corrected chi connectivity index (χ2v) is 2.67. The average Bonchev–Trinajstić information content (AvgIpc) is 2.16. The summed E-state index contributed by atoms with van der Waals surface area (Å²) in [5.41, 5.74) is 4.06. The van der Waals surface area contributed by atoms with Gasteiger partial charge in [-0.3, -0.25) is 0 Å². The van der Waals surface area contributed by atoms with Crippen LogP contribution in [-0.4, -0.2) is 11.3 Å². The molecule has 0 unspecified atom stereocenters. The summed E-state index contributed by atoms with van der Waals surface area (Å²) < 4.78 is 51.9. The highest BCUT2D eigenvalue weighted by atomic mass is 19.4. The maximum atomic E-state index is 12.4. The maximum absolute atomic E-state index is 12.4. The molecule has 4 nitrogen and oxygen atoms in total. The number of nitrogens with two attached hydrogens (primary N) is 1. The first-order valence-electron chi connectivity index (χ1n) is 3.88. The van der Waals surface area contributed by atoms with Gasteiger partial charge in [-0.2, -0.15) is 5.26 Å². The molecule has 1 aromatic rings. The van der Waals surface area contributed by atoms with Crippen LogP contribution in [0.3, 0.4) is 0 Å². The molecule has 0 atom stereocenters. The van der Waals surface area contributed by atoms with Gasteiger partial charge in [0.15, 0.2) is 5.75 Å². The molecule has 0 fully saturated rings. The van der Waals surface area contributed by atoms with Crippen molar-refractivity contribution in [2.45, 2.75) is 13.0 Å². The Bertz CT molecular complexity index is 438. The number of nitrogens with zero attached hydrogens (tertiary/aromatic N) is 2. The van der Waals surface area contributed by atoms with Gasteiger partial charge in [0.1, 0.15) is 24.1 Å². The van der Waals surface area contributed by atoms with Gasteiger partial charge in [-0.25, -0.2) is 9.37 Å². The molecule has 0 aliphatic rings. The van der Waals surface area contributed by atoms with E-state index >= 15 is 0 Å². The van der Waals surface area contributed by atoms with Gasteiger partial charge in [0, 0.05) is 11.8 Å². The topological polar surface area (TPSA) is 71.9 Å². The number of ether oxygens (including phenoxy) is 1. The second-order valence-electron chi connectivity index (χ2n) is 2.67. The van der Waals surface area contributed by atoms with Crippen LogP contribution in [0.5, 0.6) is 5.75 Å². The third kappa shape index (κ3) is 2.50. The van der Waals surface area contributed by atoms with E-state index in [4.69, 9.17) is 11.0 Å². The van der Waals surface area contributed by atoms with Crippen LogP contribution in [0, 0.1) is 11.3 Å². The van der Waals surface area contributed by atoms with Crippen molar-refractivity contribution in [1.82, 2.24) is 4.98 Å². The summed E-state index contributed by atoms with van der Waals surface area (Å²) >= 11 is 0. The van der Waals surface area contributed by atoms with Crippen LogP contribution in [0.4, 0.5) is 23.4 Å². The Balaban J connectivity index is 3.33. The van der Waals surface area contributed by atoms with Gasteiger partial charge in [-0.1, -0.05) is 0 Å². The fourth-order valence-corrected chi connectivity index (χ4v) is 0.983. The van der Waals surface area contributed by atoms with E-state index in [1.54, 1.807) is 0 Å². The van der Waals surface area contributed by atoms with Crippen molar-refractivity contribution in [3.8, 4) is 11.8 Å². The molecule has 0 bridgehead atoms. The van der Waals surface area contributed by atoms with Crippen molar-refractivity contribution < 1.29 is 22.3 Å².